The molecule has 0 amide bonds. The van der Waals surface area contributed by atoms with E-state index < -0.39 is 5.60 Å². The monoisotopic (exact) mass is 187 g/mol. The van der Waals surface area contributed by atoms with Gasteiger partial charge in [0.15, 0.2) is 0 Å². The van der Waals surface area contributed by atoms with E-state index in [0.717, 1.165) is 6.42 Å². The first kappa shape index (κ1) is 12.6. The Balaban J connectivity index is 3.74. The molecule has 0 aliphatic carbocycles. The molecule has 0 rings (SSSR count). The number of carbonyl (C=O) groups excluding carboxylic acids is 1. The van der Waals surface area contributed by atoms with Crippen LogP contribution in [-0.2, 0) is 4.79 Å². The number of Topliss-reactive ketones (excluding diaryl/α,β-unsaturated/α-hetero) is 1. The lowest BCUT2D eigenvalue weighted by molar-refractivity contribution is -0.120. The first-order valence-electron chi connectivity index (χ1n) is 4.78. The summed E-state index contributed by atoms with van der Waals surface area (Å²) in [5.41, 5.74) is -0.721. The van der Waals surface area contributed by atoms with Gasteiger partial charge in [0.1, 0.15) is 5.78 Å². The Morgan fingerprint density at radius 1 is 1.46 bits per heavy atom. The molecule has 78 valence electrons. The molecule has 0 spiro atoms. The van der Waals surface area contributed by atoms with Crippen LogP contribution >= 0.6 is 0 Å². The van der Waals surface area contributed by atoms with E-state index >= 15 is 0 Å². The maximum Gasteiger partial charge on any atom is 0.146 e. The molecule has 0 bridgehead atoms. The lowest BCUT2D eigenvalue weighted by Gasteiger charge is -2.24. The Kier molecular flexibility index (Phi) is 5.18. The first-order chi connectivity index (χ1) is 5.85. The average molecular weight is 187 g/mol. The van der Waals surface area contributed by atoms with Gasteiger partial charge in [0, 0.05) is 13.0 Å². The second-order valence-corrected chi connectivity index (χ2v) is 4.27. The van der Waals surface area contributed by atoms with Gasteiger partial charge < -0.3 is 5.11 Å². The van der Waals surface area contributed by atoms with Crippen molar-refractivity contribution >= 4 is 5.78 Å². The molecule has 0 aliphatic rings. The molecule has 3 nitrogen and oxygen atoms in total. The molecule has 0 fully saturated rings. The van der Waals surface area contributed by atoms with Crippen LogP contribution in [0.15, 0.2) is 0 Å². The van der Waals surface area contributed by atoms with Gasteiger partial charge in [0.2, 0.25) is 0 Å². The maximum atomic E-state index is 11.2. The average Bonchev–Trinajstić information content (AvgIpc) is 1.81. The zero-order valence-electron chi connectivity index (χ0n) is 9.13. The van der Waals surface area contributed by atoms with Crippen LogP contribution in [0.5, 0.6) is 0 Å². The smallest absolute Gasteiger partial charge is 0.146 e. The molecule has 0 saturated carbocycles. The molecule has 0 aliphatic heterocycles. The highest BCUT2D eigenvalue weighted by Crippen LogP contribution is 2.03. The molecule has 0 aromatic rings. The molecule has 0 unspecified atom stereocenters. The zero-order chi connectivity index (χ0) is 10.5. The van der Waals surface area contributed by atoms with E-state index in [4.69, 9.17) is 0 Å². The summed E-state index contributed by atoms with van der Waals surface area (Å²) in [6.45, 7) is 6.45. The summed E-state index contributed by atoms with van der Waals surface area (Å²) in [6.07, 6.45) is 1.53. The lowest BCUT2D eigenvalue weighted by Crippen LogP contribution is -2.38. The van der Waals surface area contributed by atoms with E-state index in [2.05, 4.69) is 0 Å². The zero-order valence-corrected chi connectivity index (χ0v) is 9.13. The van der Waals surface area contributed by atoms with Gasteiger partial charge in [-0.15, -0.1) is 0 Å². The molecule has 0 aromatic heterocycles. The van der Waals surface area contributed by atoms with Crippen molar-refractivity contribution in [3.63, 3.8) is 0 Å². The molecule has 3 heteroatoms. The Morgan fingerprint density at radius 2 is 2.00 bits per heavy atom. The molecule has 0 heterocycles. The van der Waals surface area contributed by atoms with Gasteiger partial charge in [-0.1, -0.05) is 6.92 Å². The third kappa shape index (κ3) is 7.94. The summed E-state index contributed by atoms with van der Waals surface area (Å²) < 4.78 is 0. The van der Waals surface area contributed by atoms with Gasteiger partial charge in [-0.25, -0.2) is 0 Å². The SMILES string of the molecule is CCCC(=O)CN(C)CC(C)(C)O. The highest BCUT2D eigenvalue weighted by atomic mass is 16.3. The number of carbonyl (C=O) groups is 1. The number of hydrogen-bond acceptors (Lipinski definition) is 3. The van der Waals surface area contributed by atoms with E-state index in [9.17, 15) is 9.90 Å². The first-order valence-corrected chi connectivity index (χ1v) is 4.78. The Labute approximate surface area is 80.7 Å². The van der Waals surface area contributed by atoms with Crippen molar-refractivity contribution < 1.29 is 9.90 Å². The summed E-state index contributed by atoms with van der Waals surface area (Å²) in [5.74, 6) is 0.245. The van der Waals surface area contributed by atoms with Gasteiger partial charge in [-0.05, 0) is 27.3 Å². The standard InChI is InChI=1S/C10H21NO2/c1-5-6-9(12)7-11(4)8-10(2,3)13/h13H,5-8H2,1-4H3. The largest absolute Gasteiger partial charge is 0.389 e. The molecule has 1 N–H and O–H groups in total. The predicted octanol–water partition coefficient (Wildman–Crippen LogP) is 1.06. The van der Waals surface area contributed by atoms with Crippen LogP contribution in [-0.4, -0.2) is 41.5 Å². The van der Waals surface area contributed by atoms with E-state index in [0.29, 0.717) is 19.5 Å². The number of aliphatic hydroxyl groups is 1. The van der Waals surface area contributed by atoms with Crippen LogP contribution in [0.25, 0.3) is 0 Å². The number of hydrogen-bond donors (Lipinski definition) is 1. The lowest BCUT2D eigenvalue weighted by atomic mass is 10.1. The number of nitrogens with zero attached hydrogens (tertiary/aromatic N) is 1. The summed E-state index contributed by atoms with van der Waals surface area (Å²) >= 11 is 0. The van der Waals surface area contributed by atoms with Crippen molar-refractivity contribution in [3.8, 4) is 0 Å². The Hall–Kier alpha value is -0.410. The highest BCUT2D eigenvalue weighted by molar-refractivity contribution is 5.80. The minimum Gasteiger partial charge on any atom is -0.389 e. The Morgan fingerprint density at radius 3 is 2.38 bits per heavy atom. The second-order valence-electron chi connectivity index (χ2n) is 4.27. The summed E-state index contributed by atoms with van der Waals surface area (Å²) in [4.78, 5) is 13.1. The number of rotatable bonds is 6. The van der Waals surface area contributed by atoms with E-state index in [-0.39, 0.29) is 5.78 Å². The summed E-state index contributed by atoms with van der Waals surface area (Å²) in [5, 5.41) is 9.48. The van der Waals surface area contributed by atoms with Crippen molar-refractivity contribution in [1.82, 2.24) is 4.90 Å². The van der Waals surface area contributed by atoms with Gasteiger partial charge in [-0.3, -0.25) is 9.69 Å². The molecular weight excluding hydrogens is 166 g/mol. The molecule has 13 heavy (non-hydrogen) atoms. The molecular formula is C10H21NO2. The van der Waals surface area contributed by atoms with E-state index in [1.807, 2.05) is 18.9 Å². The number of likely N-dealkylation sites (N-methyl/N-ethyl adjacent to an activating group) is 1. The minimum absolute atomic E-state index is 0.245. The van der Waals surface area contributed by atoms with Crippen LogP contribution < -0.4 is 0 Å². The van der Waals surface area contributed by atoms with Gasteiger partial charge in [0.05, 0.1) is 12.1 Å². The maximum absolute atomic E-state index is 11.2. The third-order valence-corrected chi connectivity index (χ3v) is 1.63. The van der Waals surface area contributed by atoms with Gasteiger partial charge in [0.25, 0.3) is 0 Å². The van der Waals surface area contributed by atoms with Crippen molar-refractivity contribution in [1.29, 1.82) is 0 Å². The second kappa shape index (κ2) is 5.35. The van der Waals surface area contributed by atoms with Crippen molar-refractivity contribution in [2.24, 2.45) is 0 Å². The summed E-state index contributed by atoms with van der Waals surface area (Å²) in [7, 11) is 1.85. The highest BCUT2D eigenvalue weighted by Gasteiger charge is 2.16. The van der Waals surface area contributed by atoms with Gasteiger partial charge in [-0.2, -0.15) is 0 Å². The minimum atomic E-state index is -0.721. The molecule has 0 radical (unpaired) electrons. The van der Waals surface area contributed by atoms with E-state index in [1.54, 1.807) is 13.8 Å². The Bertz CT molecular complexity index is 161. The quantitative estimate of drug-likeness (QED) is 0.676. The number of ketones is 1. The molecule has 0 atom stereocenters. The fourth-order valence-corrected chi connectivity index (χ4v) is 1.38. The van der Waals surface area contributed by atoms with Crippen LogP contribution in [0.2, 0.25) is 0 Å². The third-order valence-electron chi connectivity index (χ3n) is 1.63. The summed E-state index contributed by atoms with van der Waals surface area (Å²) in [6, 6.07) is 0. The van der Waals surface area contributed by atoms with Crippen LogP contribution in [0.3, 0.4) is 0 Å². The van der Waals surface area contributed by atoms with Crippen LogP contribution in [0, 0.1) is 0 Å². The van der Waals surface area contributed by atoms with Crippen LogP contribution in [0.4, 0.5) is 0 Å². The normalized spacial score (nSPS) is 12.2. The molecule has 0 saturated heterocycles. The molecule has 0 aromatic carbocycles. The fraction of sp³-hybridized carbons (Fsp3) is 0.900. The predicted molar refractivity (Wildman–Crippen MR) is 53.7 cm³/mol. The van der Waals surface area contributed by atoms with Crippen molar-refractivity contribution in [2.45, 2.75) is 39.2 Å². The van der Waals surface area contributed by atoms with Gasteiger partial charge >= 0.3 is 0 Å². The van der Waals surface area contributed by atoms with Crippen molar-refractivity contribution in [2.75, 3.05) is 20.1 Å². The topological polar surface area (TPSA) is 40.5 Å². The fourth-order valence-electron chi connectivity index (χ4n) is 1.38. The van der Waals surface area contributed by atoms with E-state index in [1.165, 1.54) is 0 Å². The van der Waals surface area contributed by atoms with Crippen molar-refractivity contribution in [3.05, 3.63) is 0 Å². The van der Waals surface area contributed by atoms with Crippen LogP contribution in [0.1, 0.15) is 33.6 Å².